The molecule has 0 bridgehead atoms. The maximum absolute atomic E-state index is 5.51. The van der Waals surface area contributed by atoms with Crippen molar-refractivity contribution in [2.75, 3.05) is 0 Å². The van der Waals surface area contributed by atoms with Gasteiger partial charge in [-0.05, 0) is 38.2 Å². The summed E-state index contributed by atoms with van der Waals surface area (Å²) < 4.78 is 5.76. The Morgan fingerprint density at radius 1 is 1.25 bits per heavy atom. The third-order valence-corrected chi connectivity index (χ3v) is 1.98. The van der Waals surface area contributed by atoms with Crippen LogP contribution in [0, 0.1) is 0 Å². The highest BCUT2D eigenvalue weighted by Gasteiger charge is 2.13. The summed E-state index contributed by atoms with van der Waals surface area (Å²) in [5.74, 6) is 0. The minimum absolute atomic E-state index is 0.253. The van der Waals surface area contributed by atoms with Crippen molar-refractivity contribution in [2.24, 2.45) is 0 Å². The van der Waals surface area contributed by atoms with Crippen LogP contribution in [0.1, 0.15) is 6.92 Å². The predicted molar refractivity (Wildman–Crippen MR) is 58.0 cm³/mol. The molecule has 0 amide bonds. The lowest BCUT2D eigenvalue weighted by Crippen LogP contribution is -2.22. The van der Waals surface area contributed by atoms with Crippen LogP contribution in [-0.4, -0.2) is 8.32 Å². The molecule has 0 rings (SSSR count). The van der Waals surface area contributed by atoms with E-state index in [0.717, 1.165) is 5.57 Å². The molecule has 0 aliphatic carbocycles. The van der Waals surface area contributed by atoms with Crippen LogP contribution < -0.4 is 0 Å². The average Bonchev–Trinajstić information content (AvgIpc) is 1.80. The van der Waals surface area contributed by atoms with Crippen molar-refractivity contribution < 1.29 is 4.43 Å². The Hall–Kier alpha value is 0.0769. The van der Waals surface area contributed by atoms with Crippen molar-refractivity contribution in [3.63, 3.8) is 0 Å². The molecule has 0 aliphatic rings. The molecule has 0 saturated heterocycles. The van der Waals surface area contributed by atoms with Gasteiger partial charge in [-0.1, -0.05) is 23.2 Å². The van der Waals surface area contributed by atoms with Crippen LogP contribution in [0.15, 0.2) is 22.4 Å². The first kappa shape index (κ1) is 12.1. The second kappa shape index (κ2) is 4.95. The summed E-state index contributed by atoms with van der Waals surface area (Å²) in [5, 5.41) is 0. The molecule has 0 aromatic carbocycles. The van der Waals surface area contributed by atoms with Crippen molar-refractivity contribution in [1.82, 2.24) is 0 Å². The third-order valence-electron chi connectivity index (χ3n) is 0.935. The predicted octanol–water partition coefficient (Wildman–Crippen LogP) is 4.06. The van der Waals surface area contributed by atoms with Gasteiger partial charge >= 0.3 is 0 Å². The SMILES string of the molecule is CC(C=C(Cl)Cl)=CO[Si](C)(C)C. The number of hydrogen-bond acceptors (Lipinski definition) is 1. The van der Waals surface area contributed by atoms with Gasteiger partial charge in [0, 0.05) is 0 Å². The Kier molecular flexibility index (Phi) is 4.98. The van der Waals surface area contributed by atoms with Gasteiger partial charge in [0.25, 0.3) is 0 Å². The minimum Gasteiger partial charge on any atom is -0.549 e. The van der Waals surface area contributed by atoms with E-state index in [1.807, 2.05) is 6.92 Å². The Morgan fingerprint density at radius 2 is 1.75 bits per heavy atom. The molecule has 0 spiro atoms. The van der Waals surface area contributed by atoms with Crippen LogP contribution in [0.2, 0.25) is 19.6 Å². The quantitative estimate of drug-likeness (QED) is 0.400. The number of rotatable bonds is 3. The molecule has 70 valence electrons. The van der Waals surface area contributed by atoms with Crippen LogP contribution >= 0.6 is 23.2 Å². The van der Waals surface area contributed by atoms with Gasteiger partial charge < -0.3 is 4.43 Å². The van der Waals surface area contributed by atoms with Crippen molar-refractivity contribution in [1.29, 1.82) is 0 Å². The van der Waals surface area contributed by atoms with Gasteiger partial charge in [-0.2, -0.15) is 0 Å². The fourth-order valence-corrected chi connectivity index (χ4v) is 1.36. The summed E-state index contributed by atoms with van der Waals surface area (Å²) in [6, 6.07) is 0. The minimum atomic E-state index is -1.46. The zero-order valence-electron chi connectivity index (χ0n) is 7.82. The summed E-state index contributed by atoms with van der Waals surface area (Å²) in [4.78, 5) is 0. The average molecular weight is 225 g/mol. The van der Waals surface area contributed by atoms with E-state index in [9.17, 15) is 0 Å². The molecule has 0 aromatic heterocycles. The smallest absolute Gasteiger partial charge is 0.241 e. The summed E-state index contributed by atoms with van der Waals surface area (Å²) in [5.41, 5.74) is 0.928. The summed E-state index contributed by atoms with van der Waals surface area (Å²) in [6.45, 7) is 8.24. The topological polar surface area (TPSA) is 9.23 Å². The summed E-state index contributed by atoms with van der Waals surface area (Å²) in [6.07, 6.45) is 3.36. The van der Waals surface area contributed by atoms with Crippen molar-refractivity contribution in [2.45, 2.75) is 26.6 Å². The molecule has 12 heavy (non-hydrogen) atoms. The highest BCUT2D eigenvalue weighted by Crippen LogP contribution is 2.12. The van der Waals surface area contributed by atoms with Crippen molar-refractivity contribution in [3.05, 3.63) is 22.4 Å². The van der Waals surface area contributed by atoms with Crippen LogP contribution in [0.3, 0.4) is 0 Å². The Labute approximate surface area is 85.1 Å². The van der Waals surface area contributed by atoms with Crippen LogP contribution in [0.4, 0.5) is 0 Å². The number of halogens is 2. The van der Waals surface area contributed by atoms with Gasteiger partial charge in [0.2, 0.25) is 8.32 Å². The number of hydrogen-bond donors (Lipinski definition) is 0. The lowest BCUT2D eigenvalue weighted by Gasteiger charge is -2.15. The van der Waals surface area contributed by atoms with Gasteiger partial charge in [0.1, 0.15) is 4.49 Å². The van der Waals surface area contributed by atoms with Gasteiger partial charge in [-0.15, -0.1) is 0 Å². The van der Waals surface area contributed by atoms with Crippen LogP contribution in [-0.2, 0) is 4.43 Å². The van der Waals surface area contributed by atoms with E-state index in [0.29, 0.717) is 0 Å². The zero-order valence-corrected chi connectivity index (χ0v) is 10.3. The Morgan fingerprint density at radius 3 is 2.08 bits per heavy atom. The van der Waals surface area contributed by atoms with Gasteiger partial charge in [0.15, 0.2) is 0 Å². The number of allylic oxidation sites excluding steroid dienone is 2. The maximum Gasteiger partial charge on any atom is 0.241 e. The van der Waals surface area contributed by atoms with Crippen LogP contribution in [0.5, 0.6) is 0 Å². The fraction of sp³-hybridized carbons (Fsp3) is 0.500. The molecule has 0 fully saturated rings. The van der Waals surface area contributed by atoms with E-state index < -0.39 is 8.32 Å². The lowest BCUT2D eigenvalue weighted by atomic mass is 10.3. The van der Waals surface area contributed by atoms with Gasteiger partial charge in [0.05, 0.1) is 6.26 Å². The highest BCUT2D eigenvalue weighted by atomic mass is 35.5. The molecule has 0 atom stereocenters. The molecular weight excluding hydrogens is 211 g/mol. The first-order valence-corrected chi connectivity index (χ1v) is 7.85. The van der Waals surface area contributed by atoms with Crippen LogP contribution in [0.25, 0.3) is 0 Å². The van der Waals surface area contributed by atoms with E-state index in [4.69, 9.17) is 27.6 Å². The molecular formula is C8H14Cl2OSi. The maximum atomic E-state index is 5.51. The normalized spacial score (nSPS) is 12.7. The van der Waals surface area contributed by atoms with Crippen molar-refractivity contribution >= 4 is 31.5 Å². The monoisotopic (exact) mass is 224 g/mol. The third kappa shape index (κ3) is 8.18. The van der Waals surface area contributed by atoms with E-state index >= 15 is 0 Å². The van der Waals surface area contributed by atoms with Crippen molar-refractivity contribution in [3.8, 4) is 0 Å². The second-order valence-electron chi connectivity index (χ2n) is 3.53. The van der Waals surface area contributed by atoms with E-state index in [2.05, 4.69) is 19.6 Å². The van der Waals surface area contributed by atoms with Gasteiger partial charge in [-0.25, -0.2) is 0 Å². The molecule has 0 saturated carbocycles. The zero-order chi connectivity index (χ0) is 9.78. The molecule has 0 heterocycles. The Bertz CT molecular complexity index is 200. The van der Waals surface area contributed by atoms with E-state index in [-0.39, 0.29) is 4.49 Å². The standard InChI is InChI=1S/C8H14Cl2OSi/c1-7(5-8(9)10)6-11-12(2,3)4/h5-6H,1-4H3. The Balaban J connectivity index is 4.12. The lowest BCUT2D eigenvalue weighted by molar-refractivity contribution is 0.475. The largest absolute Gasteiger partial charge is 0.549 e. The molecule has 0 aliphatic heterocycles. The fourth-order valence-electron chi connectivity index (χ4n) is 0.476. The molecule has 0 unspecified atom stereocenters. The summed E-state index contributed by atoms with van der Waals surface area (Å²) in [7, 11) is -1.46. The molecule has 0 N–H and O–H groups in total. The first-order chi connectivity index (χ1) is 5.31. The molecule has 1 nitrogen and oxygen atoms in total. The van der Waals surface area contributed by atoms with Gasteiger partial charge in [-0.3, -0.25) is 0 Å². The first-order valence-electron chi connectivity index (χ1n) is 3.68. The van der Waals surface area contributed by atoms with E-state index in [1.165, 1.54) is 0 Å². The molecule has 0 aromatic rings. The van der Waals surface area contributed by atoms with E-state index in [1.54, 1.807) is 12.3 Å². The summed E-state index contributed by atoms with van der Waals surface area (Å²) >= 11 is 10.9. The highest BCUT2D eigenvalue weighted by molar-refractivity contribution is 6.69. The molecule has 4 heteroatoms. The molecule has 0 radical (unpaired) electrons. The second-order valence-corrected chi connectivity index (χ2v) is 8.99.